The molecular weight excluding hydrogens is 304 g/mol. The number of ether oxygens (including phenoxy) is 1. The summed E-state index contributed by atoms with van der Waals surface area (Å²) in [5, 5.41) is 3.26. The first kappa shape index (κ1) is 16.4. The first-order valence-electron chi connectivity index (χ1n) is 8.06. The van der Waals surface area contributed by atoms with Gasteiger partial charge in [-0.2, -0.15) is 0 Å². The van der Waals surface area contributed by atoms with Gasteiger partial charge < -0.3 is 10.1 Å². The summed E-state index contributed by atoms with van der Waals surface area (Å²) >= 11 is 0. The van der Waals surface area contributed by atoms with E-state index in [1.807, 2.05) is 39.0 Å². The highest BCUT2D eigenvalue weighted by Crippen LogP contribution is 2.46. The number of nitrogens with zero attached hydrogens (tertiary/aromatic N) is 1. The predicted molar refractivity (Wildman–Crippen MR) is 89.8 cm³/mol. The fourth-order valence-electron chi connectivity index (χ4n) is 3.73. The monoisotopic (exact) mass is 326 g/mol. The number of ketones is 1. The molecule has 0 saturated carbocycles. The molecule has 2 aliphatic rings. The van der Waals surface area contributed by atoms with E-state index in [1.165, 1.54) is 7.11 Å². The lowest BCUT2D eigenvalue weighted by molar-refractivity contribution is -0.137. The van der Waals surface area contributed by atoms with Crippen LogP contribution in [0.15, 0.2) is 47.4 Å². The molecule has 1 N–H and O–H groups in total. The van der Waals surface area contributed by atoms with Crippen LogP contribution in [0.3, 0.4) is 0 Å². The lowest BCUT2D eigenvalue weighted by atomic mass is 9.67. The van der Waals surface area contributed by atoms with Crippen LogP contribution in [0, 0.1) is 11.3 Å². The van der Waals surface area contributed by atoms with Crippen LogP contribution in [0.25, 0.3) is 0 Å². The fourth-order valence-corrected chi connectivity index (χ4v) is 3.73. The van der Waals surface area contributed by atoms with Crippen LogP contribution in [-0.2, 0) is 14.3 Å². The number of carbonyl (C=O) groups excluding carboxylic acids is 2. The van der Waals surface area contributed by atoms with Crippen molar-refractivity contribution in [3.63, 3.8) is 0 Å². The number of esters is 1. The zero-order valence-corrected chi connectivity index (χ0v) is 14.4. The Kier molecular flexibility index (Phi) is 4.03. The smallest absolute Gasteiger partial charge is 0.336 e. The topological polar surface area (TPSA) is 68.3 Å². The summed E-state index contributed by atoms with van der Waals surface area (Å²) in [5.74, 6) is -1.15. The van der Waals surface area contributed by atoms with Crippen molar-refractivity contribution in [2.45, 2.75) is 33.1 Å². The zero-order chi connectivity index (χ0) is 17.5. The Morgan fingerprint density at radius 1 is 1.33 bits per heavy atom. The Labute approximate surface area is 141 Å². The van der Waals surface area contributed by atoms with Crippen LogP contribution >= 0.6 is 0 Å². The van der Waals surface area contributed by atoms with Gasteiger partial charge in [0.05, 0.1) is 24.5 Å². The van der Waals surface area contributed by atoms with E-state index < -0.39 is 17.8 Å². The van der Waals surface area contributed by atoms with Crippen LogP contribution in [-0.4, -0.2) is 23.8 Å². The van der Waals surface area contributed by atoms with Gasteiger partial charge >= 0.3 is 5.97 Å². The van der Waals surface area contributed by atoms with Gasteiger partial charge in [0.1, 0.15) is 5.78 Å². The van der Waals surface area contributed by atoms with E-state index >= 15 is 0 Å². The minimum Gasteiger partial charge on any atom is -0.466 e. The molecule has 2 atom stereocenters. The maximum Gasteiger partial charge on any atom is 0.336 e. The molecule has 3 rings (SSSR count). The van der Waals surface area contributed by atoms with Crippen molar-refractivity contribution < 1.29 is 14.3 Å². The molecule has 24 heavy (non-hydrogen) atoms. The Balaban J connectivity index is 2.21. The van der Waals surface area contributed by atoms with Crippen molar-refractivity contribution >= 4 is 11.8 Å². The third kappa shape index (κ3) is 2.75. The van der Waals surface area contributed by atoms with Gasteiger partial charge in [-0.15, -0.1) is 0 Å². The summed E-state index contributed by atoms with van der Waals surface area (Å²) in [6, 6.07) is 5.55. The Bertz CT molecular complexity index is 747. The second kappa shape index (κ2) is 5.89. The quantitative estimate of drug-likeness (QED) is 0.846. The minimum atomic E-state index is -0.425. The van der Waals surface area contributed by atoms with E-state index in [0.717, 1.165) is 5.70 Å². The van der Waals surface area contributed by atoms with Gasteiger partial charge in [0.25, 0.3) is 0 Å². The zero-order valence-electron chi connectivity index (χ0n) is 14.4. The highest BCUT2D eigenvalue weighted by molar-refractivity contribution is 5.96. The van der Waals surface area contributed by atoms with Crippen LogP contribution in [0.2, 0.25) is 0 Å². The third-order valence-corrected chi connectivity index (χ3v) is 4.65. The van der Waals surface area contributed by atoms with Gasteiger partial charge in [0.15, 0.2) is 0 Å². The maximum absolute atomic E-state index is 12.9. The molecule has 0 fully saturated rings. The first-order chi connectivity index (χ1) is 11.3. The number of fused-ring (bicyclic) bond motifs is 1. The van der Waals surface area contributed by atoms with E-state index in [1.54, 1.807) is 6.20 Å². The normalized spacial score (nSPS) is 25.5. The van der Waals surface area contributed by atoms with E-state index in [-0.39, 0.29) is 11.2 Å². The molecule has 1 aromatic heterocycles. The predicted octanol–water partition coefficient (Wildman–Crippen LogP) is 2.71. The number of allylic oxidation sites excluding steroid dienone is 3. The third-order valence-electron chi connectivity index (χ3n) is 4.65. The second-order valence-electron chi connectivity index (χ2n) is 7.10. The molecule has 0 unspecified atom stereocenters. The molecule has 126 valence electrons. The van der Waals surface area contributed by atoms with Gasteiger partial charge in [-0.1, -0.05) is 26.0 Å². The highest BCUT2D eigenvalue weighted by Gasteiger charge is 2.46. The lowest BCUT2D eigenvalue weighted by Gasteiger charge is -2.40. The molecule has 1 aromatic rings. The molecule has 0 radical (unpaired) electrons. The van der Waals surface area contributed by atoms with Crippen molar-refractivity contribution in [3.8, 4) is 0 Å². The molecule has 0 bridgehead atoms. The number of Topliss-reactive ketones (excluding diaryl/α,β-unsaturated/α-hetero) is 1. The van der Waals surface area contributed by atoms with Gasteiger partial charge in [-0.05, 0) is 24.5 Å². The molecule has 0 aromatic carbocycles. The molecule has 0 saturated heterocycles. The average molecular weight is 326 g/mol. The maximum atomic E-state index is 12.9. The Morgan fingerprint density at radius 3 is 2.71 bits per heavy atom. The molecule has 0 amide bonds. The number of carbonyl (C=O) groups is 2. The van der Waals surface area contributed by atoms with Crippen molar-refractivity contribution in [2.75, 3.05) is 7.11 Å². The van der Waals surface area contributed by atoms with E-state index in [9.17, 15) is 9.59 Å². The molecule has 0 spiro atoms. The van der Waals surface area contributed by atoms with E-state index in [0.29, 0.717) is 23.4 Å². The van der Waals surface area contributed by atoms with E-state index in [2.05, 4.69) is 16.4 Å². The van der Waals surface area contributed by atoms with Crippen molar-refractivity contribution in [2.24, 2.45) is 11.3 Å². The SMILES string of the molecule is COC(=O)C1=C(C)NC2=CC(C)(C)CC(=O)[C@@H]2[C@@H]1c1ccccn1. The summed E-state index contributed by atoms with van der Waals surface area (Å²) in [6.07, 6.45) is 4.23. The molecule has 5 heteroatoms. The van der Waals surface area contributed by atoms with Crippen LogP contribution < -0.4 is 5.32 Å². The average Bonchev–Trinajstić information content (AvgIpc) is 2.52. The number of hydrogen-bond donors (Lipinski definition) is 1. The summed E-state index contributed by atoms with van der Waals surface area (Å²) < 4.78 is 4.97. The van der Waals surface area contributed by atoms with Crippen molar-refractivity contribution in [1.29, 1.82) is 0 Å². The summed E-state index contributed by atoms with van der Waals surface area (Å²) in [7, 11) is 1.36. The van der Waals surface area contributed by atoms with Crippen LogP contribution in [0.1, 0.15) is 38.8 Å². The van der Waals surface area contributed by atoms with Gasteiger partial charge in [0.2, 0.25) is 0 Å². The summed E-state index contributed by atoms with van der Waals surface area (Å²) in [6.45, 7) is 5.92. The molecule has 5 nitrogen and oxygen atoms in total. The standard InChI is InChI=1S/C19H22N2O3/c1-11-15(18(23)24-4)17(12-7-5-6-8-20-12)16-13(21-11)9-19(2,3)10-14(16)22/h5-9,16-17,21H,10H2,1-4H3/t16-,17-/m1/s1. The number of rotatable bonds is 2. The number of methoxy groups -OCH3 is 1. The van der Waals surface area contributed by atoms with Crippen molar-refractivity contribution in [1.82, 2.24) is 10.3 Å². The Morgan fingerprint density at radius 2 is 2.08 bits per heavy atom. The first-order valence-corrected chi connectivity index (χ1v) is 8.06. The number of pyridine rings is 1. The molecule has 1 aliphatic carbocycles. The lowest BCUT2D eigenvalue weighted by Crippen LogP contribution is -2.43. The van der Waals surface area contributed by atoms with Gasteiger partial charge in [-0.25, -0.2) is 4.79 Å². The minimum absolute atomic E-state index is 0.120. The number of hydrogen-bond acceptors (Lipinski definition) is 5. The molecule has 2 heterocycles. The number of nitrogens with one attached hydrogen (secondary N) is 1. The van der Waals surface area contributed by atoms with Crippen LogP contribution in [0.5, 0.6) is 0 Å². The molecular formula is C19H22N2O3. The van der Waals surface area contributed by atoms with Gasteiger partial charge in [0, 0.05) is 29.7 Å². The number of aromatic nitrogens is 1. The fraction of sp³-hybridized carbons (Fsp3) is 0.421. The highest BCUT2D eigenvalue weighted by atomic mass is 16.5. The largest absolute Gasteiger partial charge is 0.466 e. The van der Waals surface area contributed by atoms with E-state index in [4.69, 9.17) is 4.74 Å². The van der Waals surface area contributed by atoms with Crippen LogP contribution in [0.4, 0.5) is 0 Å². The Hall–Kier alpha value is -2.43. The second-order valence-corrected chi connectivity index (χ2v) is 7.10. The van der Waals surface area contributed by atoms with Gasteiger partial charge in [-0.3, -0.25) is 9.78 Å². The molecule has 1 aliphatic heterocycles. The summed E-state index contributed by atoms with van der Waals surface area (Å²) in [5.41, 5.74) is 2.56. The summed E-state index contributed by atoms with van der Waals surface area (Å²) in [4.78, 5) is 29.7. The van der Waals surface area contributed by atoms with Crippen molar-refractivity contribution in [3.05, 3.63) is 53.1 Å².